The lowest BCUT2D eigenvalue weighted by Gasteiger charge is -2.04. The van der Waals surface area contributed by atoms with Crippen LogP contribution in [0.5, 0.6) is 0 Å². The van der Waals surface area contributed by atoms with Gasteiger partial charge in [0.05, 0.1) is 22.5 Å². The Bertz CT molecular complexity index is 952. The van der Waals surface area contributed by atoms with Gasteiger partial charge in [-0.15, -0.1) is 0 Å². The summed E-state index contributed by atoms with van der Waals surface area (Å²) in [6, 6.07) is 6.01. The third-order valence-electron chi connectivity index (χ3n) is 3.41. The van der Waals surface area contributed by atoms with Crippen molar-refractivity contribution in [2.24, 2.45) is 0 Å². The van der Waals surface area contributed by atoms with E-state index in [1.807, 2.05) is 0 Å². The molecule has 2 heterocycles. The Hall–Kier alpha value is -2.09. The van der Waals surface area contributed by atoms with Crippen molar-refractivity contribution in [1.29, 1.82) is 0 Å². The molecule has 0 atom stereocenters. The van der Waals surface area contributed by atoms with Crippen LogP contribution in [0.15, 0.2) is 41.5 Å². The second-order valence-corrected chi connectivity index (χ2v) is 5.55. The first-order valence-corrected chi connectivity index (χ1v) is 7.58. The van der Waals surface area contributed by atoms with E-state index >= 15 is 0 Å². The smallest absolute Gasteiger partial charge is 0.261 e. The Morgan fingerprint density at radius 3 is 2.67 bits per heavy atom. The van der Waals surface area contributed by atoms with E-state index in [1.165, 1.54) is 26.9 Å². The van der Waals surface area contributed by atoms with Crippen LogP contribution in [-0.2, 0) is 11.3 Å². The van der Waals surface area contributed by atoms with Gasteiger partial charge in [0.2, 0.25) is 0 Å². The van der Waals surface area contributed by atoms with Crippen LogP contribution in [0.4, 0.5) is 4.39 Å². The van der Waals surface area contributed by atoms with Gasteiger partial charge in [0.25, 0.3) is 5.56 Å². The molecule has 1 aromatic carbocycles. The Labute approximate surface area is 147 Å². The fourth-order valence-electron chi connectivity index (χ4n) is 2.37. The molecular weight excluding hydrogens is 355 g/mol. The molecule has 0 aliphatic heterocycles. The number of pyridine rings is 1. The monoisotopic (exact) mass is 368 g/mol. The van der Waals surface area contributed by atoms with Crippen LogP contribution in [0, 0.1) is 5.82 Å². The molecule has 0 bridgehead atoms. The quantitative estimate of drug-likeness (QED) is 0.552. The summed E-state index contributed by atoms with van der Waals surface area (Å²) in [5.41, 5.74) is 1.30. The van der Waals surface area contributed by atoms with Crippen molar-refractivity contribution < 1.29 is 14.3 Å². The Morgan fingerprint density at radius 2 is 2.04 bits per heavy atom. The number of nitrogens with zero attached hydrogens (tertiary/aromatic N) is 2. The number of hydrogen-bond acceptors (Lipinski definition) is 4. The molecule has 3 rings (SSSR count). The van der Waals surface area contributed by atoms with E-state index < -0.39 is 5.82 Å². The van der Waals surface area contributed by atoms with Gasteiger partial charge in [0, 0.05) is 25.1 Å². The maximum atomic E-state index is 13.7. The molecule has 126 valence electrons. The molecule has 1 N–H and O–H groups in total. The predicted octanol–water partition coefficient (Wildman–Crippen LogP) is 2.76. The summed E-state index contributed by atoms with van der Waals surface area (Å²) < 4.78 is 16.5. The average molecular weight is 369 g/mol. The molecule has 3 aromatic rings. The van der Waals surface area contributed by atoms with Crippen molar-refractivity contribution in [2.75, 3.05) is 7.11 Å². The number of benzene rings is 1. The fraction of sp³-hybridized carbons (Fsp3) is 0.125. The Balaban J connectivity index is 0.00000100. The Kier molecular flexibility index (Phi) is 5.82. The molecule has 0 saturated carbocycles. The van der Waals surface area contributed by atoms with Crippen molar-refractivity contribution in [1.82, 2.24) is 8.54 Å². The molecule has 0 aliphatic carbocycles. The first-order valence-electron chi connectivity index (χ1n) is 6.80. The number of carbonyl (C=O) groups excluding carboxylic acids is 1. The molecule has 8 heteroatoms. The summed E-state index contributed by atoms with van der Waals surface area (Å²) in [4.78, 5) is 23.2. The van der Waals surface area contributed by atoms with Gasteiger partial charge in [-0.1, -0.05) is 30.5 Å². The lowest BCUT2D eigenvalue weighted by molar-refractivity contribution is -0.108. The number of rotatable bonds is 3. The highest BCUT2D eigenvalue weighted by Crippen LogP contribution is 2.30. The highest BCUT2D eigenvalue weighted by Gasteiger charge is 2.15. The number of aliphatic hydroxyl groups is 1. The maximum Gasteiger partial charge on any atom is 0.261 e. The third kappa shape index (κ3) is 3.24. The minimum Gasteiger partial charge on any atom is -0.400 e. The van der Waals surface area contributed by atoms with Crippen LogP contribution in [0.3, 0.4) is 0 Å². The topological polar surface area (TPSA) is 64.2 Å². The highest BCUT2D eigenvalue weighted by molar-refractivity contribution is 7.78. The summed E-state index contributed by atoms with van der Waals surface area (Å²) >= 11 is 9.97. The van der Waals surface area contributed by atoms with Crippen molar-refractivity contribution in [3.8, 4) is 11.1 Å². The molecule has 24 heavy (non-hydrogen) atoms. The molecular formula is C16H14ClFN2O3S. The van der Waals surface area contributed by atoms with Crippen LogP contribution < -0.4 is 5.56 Å². The molecule has 2 aromatic heterocycles. The lowest BCUT2D eigenvalue weighted by atomic mass is 10.1. The van der Waals surface area contributed by atoms with E-state index in [-0.39, 0.29) is 17.1 Å². The summed E-state index contributed by atoms with van der Waals surface area (Å²) in [5.74, 6) is -0.566. The van der Waals surface area contributed by atoms with E-state index in [1.54, 1.807) is 18.3 Å². The fourth-order valence-corrected chi connectivity index (χ4v) is 2.77. The van der Waals surface area contributed by atoms with Gasteiger partial charge >= 0.3 is 0 Å². The van der Waals surface area contributed by atoms with Gasteiger partial charge in [0.15, 0.2) is 0 Å². The second kappa shape index (κ2) is 7.65. The summed E-state index contributed by atoms with van der Waals surface area (Å²) in [7, 11) is 1.00. The third-order valence-corrected chi connectivity index (χ3v) is 4.05. The van der Waals surface area contributed by atoms with Crippen molar-refractivity contribution in [3.63, 3.8) is 0 Å². The first kappa shape index (κ1) is 18.3. The molecule has 0 radical (unpaired) electrons. The van der Waals surface area contributed by atoms with Gasteiger partial charge < -0.3 is 14.5 Å². The maximum absolute atomic E-state index is 13.7. The second-order valence-electron chi connectivity index (χ2n) is 4.72. The lowest BCUT2D eigenvalue weighted by Crippen LogP contribution is -2.20. The molecule has 0 saturated heterocycles. The molecule has 0 amide bonds. The molecule has 0 unspecified atom stereocenters. The number of aldehydes is 1. The van der Waals surface area contributed by atoms with Gasteiger partial charge in [-0.05, 0) is 23.8 Å². The average Bonchev–Trinajstić information content (AvgIpc) is 2.92. The molecule has 0 spiro atoms. The van der Waals surface area contributed by atoms with Crippen LogP contribution in [0.2, 0.25) is 5.02 Å². The number of aliphatic hydroxyl groups excluding tert-OH is 1. The normalized spacial score (nSPS) is 10.4. The summed E-state index contributed by atoms with van der Waals surface area (Å²) in [6.07, 6.45) is 3.80. The summed E-state index contributed by atoms with van der Waals surface area (Å²) in [5, 5.41) is 7.39. The SMILES string of the molecule is CO.O=CCn1ccc2c(c(-c3ccc(Cl)c(F)c3)cn2S)c1=O. The zero-order chi connectivity index (χ0) is 17.9. The minimum absolute atomic E-state index is 0.0109. The molecule has 5 nitrogen and oxygen atoms in total. The molecule has 0 aliphatic rings. The standard InChI is InChI=1S/C15H10ClFN2O2S.CH4O/c16-11-2-1-9(7-12(11)17)10-8-19(22)13-3-4-18(5-6-20)15(21)14(10)13;1-2/h1-4,6-8,22H,5H2;2H,1H3. The predicted molar refractivity (Wildman–Crippen MR) is 95.2 cm³/mol. The van der Waals surface area contributed by atoms with Gasteiger partial charge in [-0.3, -0.25) is 8.77 Å². The van der Waals surface area contributed by atoms with Gasteiger partial charge in [0.1, 0.15) is 12.1 Å². The van der Waals surface area contributed by atoms with E-state index in [2.05, 4.69) is 12.8 Å². The van der Waals surface area contributed by atoms with Crippen LogP contribution in [0.1, 0.15) is 0 Å². The van der Waals surface area contributed by atoms with Crippen molar-refractivity contribution in [2.45, 2.75) is 6.54 Å². The van der Waals surface area contributed by atoms with Crippen molar-refractivity contribution in [3.05, 3.63) is 57.9 Å². The zero-order valence-corrected chi connectivity index (χ0v) is 14.3. The van der Waals surface area contributed by atoms with Crippen LogP contribution in [-0.4, -0.2) is 27.0 Å². The van der Waals surface area contributed by atoms with E-state index in [0.29, 0.717) is 28.3 Å². The van der Waals surface area contributed by atoms with Crippen LogP contribution in [0.25, 0.3) is 22.0 Å². The van der Waals surface area contributed by atoms with Gasteiger partial charge in [-0.25, -0.2) is 4.39 Å². The number of fused-ring (bicyclic) bond motifs is 1. The number of thiol groups is 1. The minimum atomic E-state index is -0.566. The summed E-state index contributed by atoms with van der Waals surface area (Å²) in [6.45, 7) is -0.0407. The van der Waals surface area contributed by atoms with E-state index in [4.69, 9.17) is 16.7 Å². The number of aromatic nitrogens is 2. The Morgan fingerprint density at radius 1 is 1.33 bits per heavy atom. The van der Waals surface area contributed by atoms with E-state index in [0.717, 1.165) is 7.11 Å². The number of halogens is 2. The largest absolute Gasteiger partial charge is 0.400 e. The first-order chi connectivity index (χ1) is 11.5. The zero-order valence-electron chi connectivity index (χ0n) is 12.6. The van der Waals surface area contributed by atoms with Crippen LogP contribution >= 0.6 is 24.4 Å². The number of hydrogen-bond donors (Lipinski definition) is 2. The van der Waals surface area contributed by atoms with Gasteiger partial charge in [-0.2, -0.15) is 0 Å². The van der Waals surface area contributed by atoms with Crippen molar-refractivity contribution >= 4 is 41.6 Å². The number of carbonyl (C=O) groups is 1. The van der Waals surface area contributed by atoms with E-state index in [9.17, 15) is 14.0 Å². The molecule has 0 fully saturated rings. The highest BCUT2D eigenvalue weighted by atomic mass is 35.5.